The van der Waals surface area contributed by atoms with Crippen LogP contribution in [-0.4, -0.2) is 47.1 Å². The van der Waals surface area contributed by atoms with Gasteiger partial charge in [-0.25, -0.2) is 4.98 Å². The monoisotopic (exact) mass is 296 g/mol. The normalized spacial score (nSPS) is 32.2. The van der Waals surface area contributed by atoms with E-state index in [0.717, 1.165) is 47.9 Å². The minimum atomic E-state index is 0.886. The Labute approximate surface area is 131 Å². The van der Waals surface area contributed by atoms with Crippen LogP contribution in [0.5, 0.6) is 0 Å². The van der Waals surface area contributed by atoms with Crippen LogP contribution in [0, 0.1) is 11.8 Å². The average Bonchev–Trinajstić information content (AvgIpc) is 3.29. The van der Waals surface area contributed by atoms with E-state index in [1.807, 2.05) is 0 Å². The molecule has 5 rings (SSSR count). The summed E-state index contributed by atoms with van der Waals surface area (Å²) in [5.41, 5.74) is 2.22. The number of aromatic nitrogens is 2. The smallest absolute Gasteiger partial charge is 0.203 e. The lowest BCUT2D eigenvalue weighted by Crippen LogP contribution is -2.52. The molecule has 0 amide bonds. The summed E-state index contributed by atoms with van der Waals surface area (Å²) in [7, 11) is 0. The van der Waals surface area contributed by atoms with E-state index in [-0.39, 0.29) is 0 Å². The lowest BCUT2D eigenvalue weighted by Gasteiger charge is -2.40. The second-order valence-electron chi connectivity index (χ2n) is 7.34. The first-order valence-electron chi connectivity index (χ1n) is 8.80. The first-order valence-corrected chi connectivity index (χ1v) is 8.80. The number of piperazine rings is 1. The van der Waals surface area contributed by atoms with Crippen molar-refractivity contribution < 1.29 is 0 Å². The second kappa shape index (κ2) is 4.98. The molecular formula is C18H24N4. The average molecular weight is 296 g/mol. The predicted octanol–water partition coefficient (Wildman–Crippen LogP) is 2.87. The Morgan fingerprint density at radius 1 is 1.00 bits per heavy atom. The molecular weight excluding hydrogens is 272 g/mol. The number of para-hydroxylation sites is 2. The van der Waals surface area contributed by atoms with Crippen LogP contribution in [0.4, 0.5) is 5.95 Å². The number of anilines is 1. The number of nitrogens with one attached hydrogen (secondary N) is 1. The number of nitrogens with zero attached hydrogens (tertiary/aromatic N) is 3. The maximum Gasteiger partial charge on any atom is 0.203 e. The molecule has 3 unspecified atom stereocenters. The number of fused-ring (bicyclic) bond motifs is 3. The SMILES string of the molecule is c1ccc2[nH]c(N3CCN(C4CC5CCC4C5)CC3)nc2c1. The summed E-state index contributed by atoms with van der Waals surface area (Å²) in [4.78, 5) is 13.4. The third-order valence-corrected chi connectivity index (χ3v) is 6.16. The zero-order valence-corrected chi connectivity index (χ0v) is 13.0. The third kappa shape index (κ3) is 2.04. The molecule has 4 nitrogen and oxygen atoms in total. The van der Waals surface area contributed by atoms with Gasteiger partial charge in [0.1, 0.15) is 0 Å². The maximum absolute atomic E-state index is 4.75. The molecule has 2 bridgehead atoms. The standard InChI is InChI=1S/C18H24N4/c1-2-4-16-15(3-1)19-18(20-16)22-9-7-21(8-10-22)17-12-13-5-6-14(17)11-13/h1-4,13-14,17H,5-12H2,(H,19,20). The Balaban J connectivity index is 1.28. The van der Waals surface area contributed by atoms with Gasteiger partial charge in [0.15, 0.2) is 0 Å². The van der Waals surface area contributed by atoms with Crippen LogP contribution in [0.15, 0.2) is 24.3 Å². The lowest BCUT2D eigenvalue weighted by molar-refractivity contribution is 0.134. The zero-order chi connectivity index (χ0) is 14.5. The van der Waals surface area contributed by atoms with E-state index in [0.29, 0.717) is 0 Å². The first kappa shape index (κ1) is 12.9. The molecule has 3 atom stereocenters. The van der Waals surface area contributed by atoms with E-state index < -0.39 is 0 Å². The van der Waals surface area contributed by atoms with Crippen molar-refractivity contribution in [3.8, 4) is 0 Å². The highest BCUT2D eigenvalue weighted by Crippen LogP contribution is 2.46. The van der Waals surface area contributed by atoms with Crippen LogP contribution >= 0.6 is 0 Å². The first-order chi connectivity index (χ1) is 10.9. The minimum Gasteiger partial charge on any atom is -0.340 e. The molecule has 2 aliphatic carbocycles. The van der Waals surface area contributed by atoms with E-state index >= 15 is 0 Å². The van der Waals surface area contributed by atoms with Gasteiger partial charge in [-0.05, 0) is 43.2 Å². The van der Waals surface area contributed by atoms with Crippen molar-refractivity contribution in [2.45, 2.75) is 31.7 Å². The summed E-state index contributed by atoms with van der Waals surface area (Å²) < 4.78 is 0. The summed E-state index contributed by atoms with van der Waals surface area (Å²) in [6.07, 6.45) is 5.96. The van der Waals surface area contributed by atoms with E-state index in [4.69, 9.17) is 4.98 Å². The summed E-state index contributed by atoms with van der Waals surface area (Å²) in [6.45, 7) is 4.61. The number of hydrogen-bond donors (Lipinski definition) is 1. The summed E-state index contributed by atoms with van der Waals surface area (Å²) in [6, 6.07) is 9.20. The fraction of sp³-hybridized carbons (Fsp3) is 0.611. The highest BCUT2D eigenvalue weighted by Gasteiger charge is 2.42. The van der Waals surface area contributed by atoms with Crippen LogP contribution in [-0.2, 0) is 0 Å². The van der Waals surface area contributed by atoms with E-state index in [1.165, 1.54) is 38.8 Å². The topological polar surface area (TPSA) is 35.2 Å². The molecule has 0 spiro atoms. The maximum atomic E-state index is 4.75. The van der Waals surface area contributed by atoms with Crippen molar-refractivity contribution in [3.05, 3.63) is 24.3 Å². The second-order valence-corrected chi connectivity index (χ2v) is 7.34. The van der Waals surface area contributed by atoms with Gasteiger partial charge in [0.05, 0.1) is 11.0 Å². The Kier molecular flexibility index (Phi) is 2.93. The van der Waals surface area contributed by atoms with Crippen LogP contribution < -0.4 is 4.90 Å². The molecule has 3 aliphatic rings. The van der Waals surface area contributed by atoms with Crippen LogP contribution in [0.25, 0.3) is 11.0 Å². The number of imidazole rings is 1. The lowest BCUT2D eigenvalue weighted by atomic mass is 9.93. The fourth-order valence-corrected chi connectivity index (χ4v) is 5.01. The fourth-order valence-electron chi connectivity index (χ4n) is 5.01. The summed E-state index contributed by atoms with van der Waals surface area (Å²) in [5.74, 6) is 3.10. The van der Waals surface area contributed by atoms with Crippen molar-refractivity contribution >= 4 is 17.0 Å². The third-order valence-electron chi connectivity index (χ3n) is 6.16. The molecule has 3 fully saturated rings. The number of benzene rings is 1. The van der Waals surface area contributed by atoms with Gasteiger partial charge in [-0.15, -0.1) is 0 Å². The van der Waals surface area contributed by atoms with Crippen molar-refractivity contribution in [2.75, 3.05) is 31.1 Å². The van der Waals surface area contributed by atoms with Gasteiger partial charge in [-0.2, -0.15) is 0 Å². The van der Waals surface area contributed by atoms with Crippen molar-refractivity contribution in [1.29, 1.82) is 0 Å². The molecule has 1 saturated heterocycles. The Morgan fingerprint density at radius 2 is 1.86 bits per heavy atom. The summed E-state index contributed by atoms with van der Waals surface area (Å²) >= 11 is 0. The number of H-pyrrole nitrogens is 1. The largest absolute Gasteiger partial charge is 0.340 e. The Bertz CT molecular complexity index is 638. The van der Waals surface area contributed by atoms with Crippen LogP contribution in [0.1, 0.15) is 25.7 Å². The van der Waals surface area contributed by atoms with Gasteiger partial charge in [0.2, 0.25) is 5.95 Å². The van der Waals surface area contributed by atoms with Gasteiger partial charge < -0.3 is 9.88 Å². The number of aromatic amines is 1. The van der Waals surface area contributed by atoms with E-state index in [9.17, 15) is 0 Å². The molecule has 0 radical (unpaired) electrons. The molecule has 2 saturated carbocycles. The number of rotatable bonds is 2. The zero-order valence-electron chi connectivity index (χ0n) is 13.0. The molecule has 4 heteroatoms. The molecule has 1 N–H and O–H groups in total. The molecule has 22 heavy (non-hydrogen) atoms. The highest BCUT2D eigenvalue weighted by molar-refractivity contribution is 5.77. The molecule has 1 aromatic heterocycles. The summed E-state index contributed by atoms with van der Waals surface area (Å²) in [5, 5.41) is 0. The highest BCUT2D eigenvalue weighted by atomic mass is 15.3. The Hall–Kier alpha value is -1.55. The number of hydrogen-bond acceptors (Lipinski definition) is 3. The van der Waals surface area contributed by atoms with Gasteiger partial charge in [0.25, 0.3) is 0 Å². The Morgan fingerprint density at radius 3 is 2.59 bits per heavy atom. The van der Waals surface area contributed by atoms with Crippen LogP contribution in [0.2, 0.25) is 0 Å². The quantitative estimate of drug-likeness (QED) is 0.925. The van der Waals surface area contributed by atoms with Gasteiger partial charge in [0, 0.05) is 32.2 Å². The molecule has 116 valence electrons. The van der Waals surface area contributed by atoms with Crippen LogP contribution in [0.3, 0.4) is 0 Å². The molecule has 2 heterocycles. The predicted molar refractivity (Wildman–Crippen MR) is 89.1 cm³/mol. The molecule has 1 aromatic carbocycles. The molecule has 2 aromatic rings. The van der Waals surface area contributed by atoms with E-state index in [1.54, 1.807) is 0 Å². The van der Waals surface area contributed by atoms with Crippen molar-refractivity contribution in [3.63, 3.8) is 0 Å². The van der Waals surface area contributed by atoms with Crippen molar-refractivity contribution in [2.24, 2.45) is 11.8 Å². The van der Waals surface area contributed by atoms with Gasteiger partial charge in [-0.1, -0.05) is 18.6 Å². The van der Waals surface area contributed by atoms with Gasteiger partial charge in [-0.3, -0.25) is 4.90 Å². The van der Waals surface area contributed by atoms with Crippen molar-refractivity contribution in [1.82, 2.24) is 14.9 Å². The van der Waals surface area contributed by atoms with E-state index in [2.05, 4.69) is 39.0 Å². The van der Waals surface area contributed by atoms with Gasteiger partial charge >= 0.3 is 0 Å². The minimum absolute atomic E-state index is 0.886. The molecule has 1 aliphatic heterocycles.